The second kappa shape index (κ2) is 12.8. The van der Waals surface area contributed by atoms with Gasteiger partial charge in [-0.1, -0.05) is 44.9 Å². The minimum Gasteiger partial charge on any atom is -0.289 e. The molecule has 0 saturated heterocycles. The van der Waals surface area contributed by atoms with Gasteiger partial charge in [0, 0.05) is 12.3 Å². The molecule has 0 fully saturated rings. The van der Waals surface area contributed by atoms with Crippen LogP contribution < -0.4 is 5.48 Å². The number of carbonyl (C=O) groups is 1. The lowest BCUT2D eigenvalue weighted by Crippen LogP contribution is -2.17. The van der Waals surface area contributed by atoms with E-state index in [1.165, 1.54) is 38.5 Å². The average Bonchev–Trinajstić information content (AvgIpc) is 2.31. The van der Waals surface area contributed by atoms with E-state index in [-0.39, 0.29) is 5.91 Å². The first-order valence-corrected chi connectivity index (χ1v) is 6.83. The molecule has 1 amide bonds. The topological polar surface area (TPSA) is 49.3 Å². The van der Waals surface area contributed by atoms with Crippen LogP contribution in [0.4, 0.5) is 0 Å². The first-order valence-electron chi connectivity index (χ1n) is 6.30. The number of hydrogen-bond donors (Lipinski definition) is 2. The lowest BCUT2D eigenvalue weighted by atomic mass is 10.1. The van der Waals surface area contributed by atoms with Crippen molar-refractivity contribution in [3.8, 4) is 0 Å². The largest absolute Gasteiger partial charge is 0.289 e. The van der Waals surface area contributed by atoms with Crippen molar-refractivity contribution >= 4 is 17.5 Å². The van der Waals surface area contributed by atoms with E-state index in [0.29, 0.717) is 6.42 Å². The average molecular weight is 250 g/mol. The van der Waals surface area contributed by atoms with Gasteiger partial charge in [0.1, 0.15) is 0 Å². The summed E-state index contributed by atoms with van der Waals surface area (Å²) in [6, 6.07) is 0. The molecule has 0 bridgehead atoms. The number of amides is 1. The van der Waals surface area contributed by atoms with Crippen LogP contribution in [-0.2, 0) is 4.79 Å². The molecule has 0 unspecified atom stereocenters. The zero-order chi connectivity index (χ0) is 12.1. The molecule has 0 spiro atoms. The smallest absolute Gasteiger partial charge is 0.243 e. The zero-order valence-corrected chi connectivity index (χ0v) is 10.8. The predicted molar refractivity (Wildman–Crippen MR) is 66.8 cm³/mol. The third kappa shape index (κ3) is 11.8. The fourth-order valence-electron chi connectivity index (χ4n) is 1.67. The summed E-state index contributed by atoms with van der Waals surface area (Å²) >= 11 is 5.59. The van der Waals surface area contributed by atoms with Crippen LogP contribution >= 0.6 is 11.6 Å². The molecule has 3 nitrogen and oxygen atoms in total. The Morgan fingerprint density at radius 2 is 1.31 bits per heavy atom. The maximum atomic E-state index is 10.7. The van der Waals surface area contributed by atoms with E-state index < -0.39 is 0 Å². The molecule has 0 heterocycles. The first-order chi connectivity index (χ1) is 7.81. The van der Waals surface area contributed by atoms with E-state index >= 15 is 0 Å². The van der Waals surface area contributed by atoms with Crippen LogP contribution in [0.3, 0.4) is 0 Å². The lowest BCUT2D eigenvalue weighted by molar-refractivity contribution is -0.129. The summed E-state index contributed by atoms with van der Waals surface area (Å²) in [7, 11) is 0. The second-order valence-corrected chi connectivity index (χ2v) is 4.53. The van der Waals surface area contributed by atoms with Crippen LogP contribution in [0, 0.1) is 0 Å². The Hall–Kier alpha value is -0.280. The highest BCUT2D eigenvalue weighted by molar-refractivity contribution is 6.17. The number of hydrogen-bond acceptors (Lipinski definition) is 2. The molecule has 0 aromatic carbocycles. The molecule has 0 atom stereocenters. The van der Waals surface area contributed by atoms with Gasteiger partial charge in [0.05, 0.1) is 0 Å². The molecule has 0 aromatic heterocycles. The van der Waals surface area contributed by atoms with Crippen molar-refractivity contribution in [3.05, 3.63) is 0 Å². The standard InChI is InChI=1S/C12H24ClNO2/c13-11-9-7-5-3-1-2-4-6-8-10-12(15)14-16/h16H,1-11H2,(H,14,15). The van der Waals surface area contributed by atoms with Crippen molar-refractivity contribution in [1.82, 2.24) is 5.48 Å². The van der Waals surface area contributed by atoms with E-state index in [1.807, 2.05) is 0 Å². The fraction of sp³-hybridized carbons (Fsp3) is 0.917. The van der Waals surface area contributed by atoms with Gasteiger partial charge in [-0.25, -0.2) is 5.48 Å². The van der Waals surface area contributed by atoms with Crippen molar-refractivity contribution in [2.75, 3.05) is 5.88 Å². The molecule has 96 valence electrons. The minimum atomic E-state index is -0.277. The molecule has 0 aliphatic rings. The minimum absolute atomic E-state index is 0.277. The van der Waals surface area contributed by atoms with Crippen LogP contribution in [0.1, 0.15) is 64.2 Å². The summed E-state index contributed by atoms with van der Waals surface area (Å²) in [5, 5.41) is 8.27. The number of hydroxylamine groups is 1. The predicted octanol–water partition coefficient (Wildman–Crippen LogP) is 3.63. The third-order valence-corrected chi connectivity index (χ3v) is 2.93. The van der Waals surface area contributed by atoms with Crippen LogP contribution in [0.15, 0.2) is 0 Å². The highest BCUT2D eigenvalue weighted by atomic mass is 35.5. The van der Waals surface area contributed by atoms with Gasteiger partial charge < -0.3 is 0 Å². The number of carbonyl (C=O) groups excluding carboxylic acids is 1. The quantitative estimate of drug-likeness (QED) is 0.254. The van der Waals surface area contributed by atoms with E-state index in [1.54, 1.807) is 5.48 Å². The maximum absolute atomic E-state index is 10.7. The number of unbranched alkanes of at least 4 members (excludes halogenated alkanes) is 8. The molecule has 0 rings (SSSR count). The van der Waals surface area contributed by atoms with E-state index in [0.717, 1.165) is 25.1 Å². The summed E-state index contributed by atoms with van der Waals surface area (Å²) in [5.74, 6) is 0.508. The molecule has 16 heavy (non-hydrogen) atoms. The van der Waals surface area contributed by atoms with Crippen LogP contribution in [0.2, 0.25) is 0 Å². The number of nitrogens with one attached hydrogen (secondary N) is 1. The Morgan fingerprint density at radius 1 is 0.875 bits per heavy atom. The van der Waals surface area contributed by atoms with Gasteiger partial charge in [0.15, 0.2) is 0 Å². The van der Waals surface area contributed by atoms with Gasteiger partial charge in [0.2, 0.25) is 5.91 Å². The highest BCUT2D eigenvalue weighted by Gasteiger charge is 1.98. The Labute approximate surface area is 104 Å². The van der Waals surface area contributed by atoms with Crippen LogP contribution in [0.25, 0.3) is 0 Å². The van der Waals surface area contributed by atoms with E-state index in [9.17, 15) is 4.79 Å². The van der Waals surface area contributed by atoms with Gasteiger partial charge in [-0.05, 0) is 12.8 Å². The molecular formula is C12H24ClNO2. The van der Waals surface area contributed by atoms with Crippen molar-refractivity contribution < 1.29 is 10.0 Å². The maximum Gasteiger partial charge on any atom is 0.243 e. The van der Waals surface area contributed by atoms with Gasteiger partial charge in [-0.3, -0.25) is 10.0 Å². The number of alkyl halides is 1. The van der Waals surface area contributed by atoms with Gasteiger partial charge in [-0.2, -0.15) is 0 Å². The lowest BCUT2D eigenvalue weighted by Gasteiger charge is -2.01. The van der Waals surface area contributed by atoms with Crippen LogP contribution in [-0.4, -0.2) is 17.0 Å². The Kier molecular flexibility index (Phi) is 12.6. The molecule has 0 saturated carbocycles. The fourth-order valence-corrected chi connectivity index (χ4v) is 1.86. The summed E-state index contributed by atoms with van der Waals surface area (Å²) in [4.78, 5) is 10.7. The molecule has 0 aromatic rings. The molecule has 0 aliphatic carbocycles. The van der Waals surface area contributed by atoms with Crippen LogP contribution in [0.5, 0.6) is 0 Å². The normalized spacial score (nSPS) is 10.4. The second-order valence-electron chi connectivity index (χ2n) is 4.16. The molecule has 2 N–H and O–H groups in total. The zero-order valence-electron chi connectivity index (χ0n) is 10.0. The Morgan fingerprint density at radius 3 is 1.75 bits per heavy atom. The molecule has 0 radical (unpaired) electrons. The summed E-state index contributed by atoms with van der Waals surface area (Å²) in [5.41, 5.74) is 1.65. The van der Waals surface area contributed by atoms with Gasteiger partial charge in [-0.15, -0.1) is 11.6 Å². The third-order valence-electron chi connectivity index (χ3n) is 2.66. The molecule has 4 heteroatoms. The van der Waals surface area contributed by atoms with Crippen molar-refractivity contribution in [2.24, 2.45) is 0 Å². The number of halogens is 1. The Balaban J connectivity index is 2.96. The number of rotatable bonds is 11. The van der Waals surface area contributed by atoms with Gasteiger partial charge in [0.25, 0.3) is 0 Å². The summed E-state index contributed by atoms with van der Waals surface area (Å²) in [6.45, 7) is 0. The first kappa shape index (κ1) is 15.7. The molecule has 0 aliphatic heterocycles. The Bertz CT molecular complexity index is 165. The van der Waals surface area contributed by atoms with E-state index in [2.05, 4.69) is 0 Å². The highest BCUT2D eigenvalue weighted by Crippen LogP contribution is 2.10. The van der Waals surface area contributed by atoms with Gasteiger partial charge >= 0.3 is 0 Å². The van der Waals surface area contributed by atoms with E-state index in [4.69, 9.17) is 16.8 Å². The molecular weight excluding hydrogens is 226 g/mol. The monoisotopic (exact) mass is 249 g/mol. The SMILES string of the molecule is O=C(CCCCCCCCCCCCl)NO. The summed E-state index contributed by atoms with van der Waals surface area (Å²) in [6.07, 6.45) is 11.1. The van der Waals surface area contributed by atoms with Crippen molar-refractivity contribution in [3.63, 3.8) is 0 Å². The van der Waals surface area contributed by atoms with Crippen molar-refractivity contribution in [1.29, 1.82) is 0 Å². The van der Waals surface area contributed by atoms with Crippen molar-refractivity contribution in [2.45, 2.75) is 64.2 Å². The summed E-state index contributed by atoms with van der Waals surface area (Å²) < 4.78 is 0.